The normalized spacial score (nSPS) is 16.5. The zero-order valence-corrected chi connectivity index (χ0v) is 20.0. The van der Waals surface area contributed by atoms with E-state index >= 15 is 0 Å². The number of benzene rings is 3. The zero-order valence-electron chi connectivity index (χ0n) is 19.2. The van der Waals surface area contributed by atoms with Gasteiger partial charge in [-0.1, -0.05) is 60.3 Å². The second kappa shape index (κ2) is 10.9. The van der Waals surface area contributed by atoms with Gasteiger partial charge in [-0.05, 0) is 35.9 Å². The van der Waals surface area contributed by atoms with Crippen molar-refractivity contribution in [3.05, 3.63) is 96.2 Å². The second-order valence-electron chi connectivity index (χ2n) is 8.09. The Morgan fingerprint density at radius 3 is 2.64 bits per heavy atom. The molecule has 0 spiro atoms. The Morgan fingerprint density at radius 2 is 1.83 bits per heavy atom. The fourth-order valence-corrected chi connectivity index (χ4v) is 4.61. The first-order valence-corrected chi connectivity index (χ1v) is 12.2. The lowest BCUT2D eigenvalue weighted by molar-refractivity contribution is -0.122. The number of thioether (sulfide) groups is 1. The number of anilines is 1. The molecule has 180 valence electrons. The molecule has 2 amide bonds. The van der Waals surface area contributed by atoms with Gasteiger partial charge >= 0.3 is 0 Å². The summed E-state index contributed by atoms with van der Waals surface area (Å²) >= 11 is 1.19. The number of aromatic nitrogens is 1. The first-order valence-electron chi connectivity index (χ1n) is 11.4. The Morgan fingerprint density at radius 1 is 1.06 bits per heavy atom. The zero-order chi connectivity index (χ0) is 24.7. The highest BCUT2D eigenvalue weighted by Gasteiger charge is 2.32. The van der Waals surface area contributed by atoms with Crippen LogP contribution in [0, 0.1) is 0 Å². The molecule has 1 aliphatic rings. The highest BCUT2D eigenvalue weighted by atomic mass is 32.2. The van der Waals surface area contributed by atoms with Crippen molar-refractivity contribution in [3.8, 4) is 5.75 Å². The summed E-state index contributed by atoms with van der Waals surface area (Å²) in [7, 11) is 0. The van der Waals surface area contributed by atoms with E-state index in [-0.39, 0.29) is 18.2 Å². The van der Waals surface area contributed by atoms with Gasteiger partial charge in [-0.25, -0.2) is 0 Å². The molecular weight excluding hydrogens is 474 g/mol. The minimum atomic E-state index is -0.555. The average Bonchev–Trinajstić information content (AvgIpc) is 3.46. The molecule has 1 aliphatic heterocycles. The lowest BCUT2D eigenvalue weighted by Gasteiger charge is -2.06. The molecule has 1 atom stereocenters. The van der Waals surface area contributed by atoms with Crippen molar-refractivity contribution in [1.29, 1.82) is 0 Å². The maximum Gasteiger partial charge on any atom is 0.240 e. The third-order valence-electron chi connectivity index (χ3n) is 5.48. The summed E-state index contributed by atoms with van der Waals surface area (Å²) in [5, 5.41) is 14.5. The molecule has 0 radical (unpaired) electrons. The standard InChI is InChI=1S/C27H23N5O3S/c33-25(30-20-9-5-2-6-10-20)14-24-26(34)31-27(36-24)32-29-16-19-15-28-23-12-11-21(13-22(19)23)35-17-18-7-3-1-4-8-18/h1-13,15-16,24,28H,14,17H2,(H,30,33)(H,31,32,34)/b29-16+. The summed E-state index contributed by atoms with van der Waals surface area (Å²) in [5.74, 6) is 0.259. The van der Waals surface area contributed by atoms with E-state index in [1.54, 1.807) is 18.3 Å². The molecule has 0 aliphatic carbocycles. The maximum atomic E-state index is 12.3. The van der Waals surface area contributed by atoms with E-state index < -0.39 is 5.25 Å². The molecule has 0 bridgehead atoms. The molecule has 1 saturated heterocycles. The number of carbonyl (C=O) groups is 2. The number of para-hydroxylation sites is 1. The van der Waals surface area contributed by atoms with Crippen molar-refractivity contribution in [2.24, 2.45) is 10.2 Å². The molecule has 0 saturated carbocycles. The average molecular weight is 498 g/mol. The number of H-pyrrole nitrogens is 1. The molecule has 9 heteroatoms. The number of fused-ring (bicyclic) bond motifs is 1. The van der Waals surface area contributed by atoms with Crippen LogP contribution in [-0.2, 0) is 16.2 Å². The van der Waals surface area contributed by atoms with Crippen LogP contribution in [0.1, 0.15) is 17.5 Å². The van der Waals surface area contributed by atoms with Gasteiger partial charge in [0.25, 0.3) is 0 Å². The van der Waals surface area contributed by atoms with E-state index in [9.17, 15) is 9.59 Å². The van der Waals surface area contributed by atoms with Gasteiger partial charge in [0.2, 0.25) is 11.8 Å². The number of hydrogen-bond acceptors (Lipinski definition) is 6. The third kappa shape index (κ3) is 5.81. The van der Waals surface area contributed by atoms with Gasteiger partial charge < -0.3 is 20.4 Å². The molecule has 4 aromatic rings. The Labute approximate surface area is 211 Å². The van der Waals surface area contributed by atoms with Crippen LogP contribution in [0.25, 0.3) is 10.9 Å². The van der Waals surface area contributed by atoms with Crippen molar-refractivity contribution < 1.29 is 14.3 Å². The van der Waals surface area contributed by atoms with E-state index in [1.807, 2.05) is 72.9 Å². The van der Waals surface area contributed by atoms with Crippen LogP contribution >= 0.6 is 11.8 Å². The van der Waals surface area contributed by atoms with Crippen LogP contribution in [-0.4, -0.2) is 33.4 Å². The van der Waals surface area contributed by atoms with Gasteiger partial charge in [0.1, 0.15) is 17.6 Å². The molecule has 36 heavy (non-hydrogen) atoms. The molecule has 1 unspecified atom stereocenters. The quantitative estimate of drug-likeness (QED) is 0.242. The predicted octanol–water partition coefficient (Wildman–Crippen LogP) is 4.70. The summed E-state index contributed by atoms with van der Waals surface area (Å²) < 4.78 is 5.93. The monoisotopic (exact) mass is 497 g/mol. The molecule has 3 N–H and O–H groups in total. The number of amides is 2. The third-order valence-corrected chi connectivity index (χ3v) is 6.56. The molecule has 2 heterocycles. The SMILES string of the molecule is O=C(CC1S/C(=N\N=C\c2c[nH]c3ccc(OCc4ccccc4)cc23)NC1=O)Nc1ccccc1. The highest BCUT2D eigenvalue weighted by Crippen LogP contribution is 2.25. The van der Waals surface area contributed by atoms with Crippen molar-refractivity contribution in [1.82, 2.24) is 10.3 Å². The largest absolute Gasteiger partial charge is 0.489 e. The van der Waals surface area contributed by atoms with Crippen molar-refractivity contribution in [3.63, 3.8) is 0 Å². The number of nitrogens with one attached hydrogen (secondary N) is 3. The van der Waals surface area contributed by atoms with E-state index in [4.69, 9.17) is 4.74 Å². The Bertz CT molecular complexity index is 1430. The van der Waals surface area contributed by atoms with Crippen LogP contribution in [0.2, 0.25) is 0 Å². The molecule has 8 nitrogen and oxygen atoms in total. The van der Waals surface area contributed by atoms with Crippen molar-refractivity contribution in [2.75, 3.05) is 5.32 Å². The van der Waals surface area contributed by atoms with Crippen LogP contribution in [0.15, 0.2) is 95.3 Å². The van der Waals surface area contributed by atoms with Gasteiger partial charge in [0.05, 0.1) is 6.21 Å². The number of hydrogen-bond donors (Lipinski definition) is 3. The number of ether oxygens (including phenoxy) is 1. The highest BCUT2D eigenvalue weighted by molar-refractivity contribution is 8.15. The summed E-state index contributed by atoms with van der Waals surface area (Å²) in [6.07, 6.45) is 3.50. The number of rotatable bonds is 8. The molecule has 3 aromatic carbocycles. The lowest BCUT2D eigenvalue weighted by Crippen LogP contribution is -2.28. The lowest BCUT2D eigenvalue weighted by atomic mass is 10.2. The van der Waals surface area contributed by atoms with E-state index in [2.05, 4.69) is 25.8 Å². The van der Waals surface area contributed by atoms with E-state index in [1.165, 1.54) is 11.8 Å². The number of aromatic amines is 1. The predicted molar refractivity (Wildman–Crippen MR) is 143 cm³/mol. The second-order valence-corrected chi connectivity index (χ2v) is 9.28. The molecule has 5 rings (SSSR count). The topological polar surface area (TPSA) is 108 Å². The summed E-state index contributed by atoms with van der Waals surface area (Å²) in [5.41, 5.74) is 3.57. The maximum absolute atomic E-state index is 12.3. The van der Waals surface area contributed by atoms with Gasteiger partial charge in [-0.3, -0.25) is 9.59 Å². The minimum absolute atomic E-state index is 0.0440. The van der Waals surface area contributed by atoms with Gasteiger partial charge in [-0.2, -0.15) is 5.10 Å². The van der Waals surface area contributed by atoms with E-state index in [0.717, 1.165) is 27.8 Å². The summed E-state index contributed by atoms with van der Waals surface area (Å²) in [6.45, 7) is 0.481. The minimum Gasteiger partial charge on any atom is -0.489 e. The van der Waals surface area contributed by atoms with Crippen LogP contribution in [0.4, 0.5) is 5.69 Å². The molecule has 1 fully saturated rings. The van der Waals surface area contributed by atoms with Gasteiger partial charge in [0.15, 0.2) is 5.17 Å². The smallest absolute Gasteiger partial charge is 0.240 e. The Hall–Kier alpha value is -4.37. The van der Waals surface area contributed by atoms with Crippen LogP contribution in [0.5, 0.6) is 5.75 Å². The number of amidine groups is 1. The first-order chi connectivity index (χ1) is 17.6. The fourth-order valence-electron chi connectivity index (χ4n) is 3.69. The van der Waals surface area contributed by atoms with Crippen molar-refractivity contribution >= 4 is 51.5 Å². The number of nitrogens with zero attached hydrogens (tertiary/aromatic N) is 2. The summed E-state index contributed by atoms with van der Waals surface area (Å²) in [4.78, 5) is 27.8. The fraction of sp³-hybridized carbons (Fsp3) is 0.111. The number of carbonyl (C=O) groups excluding carboxylic acids is 2. The van der Waals surface area contributed by atoms with Crippen molar-refractivity contribution in [2.45, 2.75) is 18.3 Å². The van der Waals surface area contributed by atoms with Gasteiger partial charge in [0, 0.05) is 34.8 Å². The van der Waals surface area contributed by atoms with E-state index in [0.29, 0.717) is 17.5 Å². The van der Waals surface area contributed by atoms with Crippen LogP contribution in [0.3, 0.4) is 0 Å². The van der Waals surface area contributed by atoms with Gasteiger partial charge in [-0.15, -0.1) is 5.10 Å². The Balaban J connectivity index is 1.20. The first kappa shape index (κ1) is 23.4. The summed E-state index contributed by atoms with van der Waals surface area (Å²) in [6, 6.07) is 24.9. The van der Waals surface area contributed by atoms with Crippen LogP contribution < -0.4 is 15.4 Å². The Kier molecular flexibility index (Phi) is 7.09. The molecule has 1 aromatic heterocycles. The molecular formula is C27H23N5O3S.